The Balaban J connectivity index is 1.64. The second kappa shape index (κ2) is 12.2. The zero-order valence-corrected chi connectivity index (χ0v) is 21.0. The van der Waals surface area contributed by atoms with Crippen molar-refractivity contribution < 1.29 is 22.7 Å². The fourth-order valence-corrected chi connectivity index (χ4v) is 5.21. The first kappa shape index (κ1) is 26.0. The highest BCUT2D eigenvalue weighted by molar-refractivity contribution is 7.92. The summed E-state index contributed by atoms with van der Waals surface area (Å²) < 4.78 is 37.3. The molecule has 8 nitrogen and oxygen atoms in total. The summed E-state index contributed by atoms with van der Waals surface area (Å²) in [6.07, 6.45) is 1.46. The predicted molar refractivity (Wildman–Crippen MR) is 133 cm³/mol. The summed E-state index contributed by atoms with van der Waals surface area (Å²) in [5.41, 5.74) is 2.60. The molecule has 9 heteroatoms. The monoisotopic (exact) mass is 489 g/mol. The Morgan fingerprint density at radius 3 is 2.24 bits per heavy atom. The number of carbonyl (C=O) groups is 1. The van der Waals surface area contributed by atoms with E-state index < -0.39 is 16.1 Å². The van der Waals surface area contributed by atoms with Crippen LogP contribution in [0.1, 0.15) is 31.4 Å². The van der Waals surface area contributed by atoms with Gasteiger partial charge in [0, 0.05) is 26.2 Å². The first-order valence-corrected chi connectivity index (χ1v) is 13.5. The van der Waals surface area contributed by atoms with Crippen molar-refractivity contribution in [1.82, 2.24) is 10.2 Å². The molecule has 0 unspecified atom stereocenters. The average molecular weight is 490 g/mol. The molecule has 0 saturated carbocycles. The van der Waals surface area contributed by atoms with Gasteiger partial charge in [0.15, 0.2) is 0 Å². The molecular formula is C25H35N3O5S. The lowest BCUT2D eigenvalue weighted by Gasteiger charge is -2.30. The maximum absolute atomic E-state index is 13.0. The Labute approximate surface area is 202 Å². The summed E-state index contributed by atoms with van der Waals surface area (Å²) in [7, 11) is -3.68. The zero-order chi connectivity index (χ0) is 24.6. The van der Waals surface area contributed by atoms with Gasteiger partial charge >= 0.3 is 0 Å². The van der Waals surface area contributed by atoms with Crippen LogP contribution in [0.5, 0.6) is 5.75 Å². The van der Waals surface area contributed by atoms with Crippen LogP contribution in [0.2, 0.25) is 0 Å². The topological polar surface area (TPSA) is 88.2 Å². The molecule has 1 heterocycles. The van der Waals surface area contributed by atoms with Crippen LogP contribution in [0.25, 0.3) is 0 Å². The Morgan fingerprint density at radius 1 is 1.06 bits per heavy atom. The molecule has 186 valence electrons. The van der Waals surface area contributed by atoms with E-state index in [9.17, 15) is 13.2 Å². The minimum absolute atomic E-state index is 0.327. The van der Waals surface area contributed by atoms with Gasteiger partial charge in [-0.25, -0.2) is 8.42 Å². The molecule has 0 bridgehead atoms. The van der Waals surface area contributed by atoms with E-state index in [1.54, 1.807) is 31.2 Å². The van der Waals surface area contributed by atoms with Crippen LogP contribution in [0.4, 0.5) is 5.69 Å². The first-order chi connectivity index (χ1) is 16.3. The van der Waals surface area contributed by atoms with Crippen molar-refractivity contribution in [3.63, 3.8) is 0 Å². The van der Waals surface area contributed by atoms with Gasteiger partial charge in [-0.05, 0) is 48.7 Å². The Bertz CT molecular complexity index is 1020. The second-order valence-corrected chi connectivity index (χ2v) is 10.2. The summed E-state index contributed by atoms with van der Waals surface area (Å²) in [5.74, 6) is 0.313. The van der Waals surface area contributed by atoms with Crippen molar-refractivity contribution in [3.05, 3.63) is 59.7 Å². The highest BCUT2D eigenvalue weighted by Crippen LogP contribution is 2.25. The number of hydrogen-bond donors (Lipinski definition) is 1. The van der Waals surface area contributed by atoms with Crippen molar-refractivity contribution in [2.45, 2.75) is 39.4 Å². The maximum Gasteiger partial charge on any atom is 0.244 e. The molecule has 2 aromatic carbocycles. The van der Waals surface area contributed by atoms with Gasteiger partial charge in [0.1, 0.15) is 11.8 Å². The van der Waals surface area contributed by atoms with Gasteiger partial charge in [-0.3, -0.25) is 14.0 Å². The number of carbonyl (C=O) groups excluding carboxylic acids is 1. The van der Waals surface area contributed by atoms with E-state index in [1.165, 1.54) is 9.87 Å². The Kier molecular flexibility index (Phi) is 9.32. The van der Waals surface area contributed by atoms with E-state index in [2.05, 4.69) is 22.3 Å². The van der Waals surface area contributed by atoms with Crippen LogP contribution >= 0.6 is 0 Å². The first-order valence-electron chi connectivity index (χ1n) is 11.7. The number of sulfonamides is 1. The normalized spacial score (nSPS) is 15.5. The fraction of sp³-hybridized carbons (Fsp3) is 0.480. The number of benzene rings is 2. The number of anilines is 1. The third kappa shape index (κ3) is 7.19. The van der Waals surface area contributed by atoms with E-state index in [1.807, 2.05) is 19.1 Å². The quantitative estimate of drug-likeness (QED) is 0.522. The molecule has 34 heavy (non-hydrogen) atoms. The molecule has 1 N–H and O–H groups in total. The highest BCUT2D eigenvalue weighted by Gasteiger charge is 2.31. The van der Waals surface area contributed by atoms with E-state index in [-0.39, 0.29) is 5.91 Å². The Morgan fingerprint density at radius 2 is 1.68 bits per heavy atom. The molecule has 1 aliphatic heterocycles. The SMILES string of the molecule is CCOc1ccc(N([C@@H](CC)C(=O)NCc2ccc(CN3CCOCC3)cc2)S(C)(=O)=O)cc1. The number of rotatable bonds is 11. The molecule has 0 aromatic heterocycles. The van der Waals surface area contributed by atoms with Gasteiger partial charge in [0.2, 0.25) is 15.9 Å². The smallest absolute Gasteiger partial charge is 0.244 e. The van der Waals surface area contributed by atoms with Crippen molar-refractivity contribution in [2.75, 3.05) is 43.5 Å². The van der Waals surface area contributed by atoms with E-state index in [0.29, 0.717) is 31.0 Å². The number of nitrogens with zero attached hydrogens (tertiary/aromatic N) is 2. The van der Waals surface area contributed by atoms with Gasteiger partial charge in [-0.15, -0.1) is 0 Å². The lowest BCUT2D eigenvalue weighted by atomic mass is 10.1. The molecule has 1 amide bonds. The maximum atomic E-state index is 13.0. The van der Waals surface area contributed by atoms with Crippen LogP contribution in [-0.4, -0.2) is 64.4 Å². The molecule has 1 aliphatic rings. The predicted octanol–water partition coefficient (Wildman–Crippen LogP) is 2.78. The summed E-state index contributed by atoms with van der Waals surface area (Å²) in [6.45, 7) is 8.80. The van der Waals surface area contributed by atoms with Crippen LogP contribution in [0.3, 0.4) is 0 Å². The molecular weight excluding hydrogens is 454 g/mol. The lowest BCUT2D eigenvalue weighted by Crippen LogP contribution is -2.49. The third-order valence-corrected chi connectivity index (χ3v) is 6.91. The molecule has 2 aromatic rings. The largest absolute Gasteiger partial charge is 0.494 e. The third-order valence-electron chi connectivity index (χ3n) is 5.73. The van der Waals surface area contributed by atoms with Gasteiger partial charge in [0.25, 0.3) is 0 Å². The van der Waals surface area contributed by atoms with Gasteiger partial charge in [-0.2, -0.15) is 0 Å². The number of morpholine rings is 1. The summed E-state index contributed by atoms with van der Waals surface area (Å²) in [5, 5.41) is 2.91. The number of ether oxygens (including phenoxy) is 2. The van der Waals surface area contributed by atoms with Gasteiger partial charge in [0.05, 0.1) is 31.8 Å². The van der Waals surface area contributed by atoms with Gasteiger partial charge in [-0.1, -0.05) is 31.2 Å². The number of nitrogens with one attached hydrogen (secondary N) is 1. The van der Waals surface area contributed by atoms with E-state index in [4.69, 9.17) is 9.47 Å². The zero-order valence-electron chi connectivity index (χ0n) is 20.2. The summed E-state index contributed by atoms with van der Waals surface area (Å²) >= 11 is 0. The van der Waals surface area contributed by atoms with Crippen LogP contribution < -0.4 is 14.4 Å². The molecule has 1 atom stereocenters. The van der Waals surface area contributed by atoms with Crippen molar-refractivity contribution in [2.24, 2.45) is 0 Å². The summed E-state index contributed by atoms with van der Waals surface area (Å²) in [4.78, 5) is 15.4. The molecule has 0 radical (unpaired) electrons. The second-order valence-electron chi connectivity index (χ2n) is 8.33. The molecule has 1 fully saturated rings. The fourth-order valence-electron chi connectivity index (χ4n) is 4.00. The molecule has 0 aliphatic carbocycles. The molecule has 0 spiro atoms. The minimum Gasteiger partial charge on any atom is -0.494 e. The van der Waals surface area contributed by atoms with Crippen molar-refractivity contribution in [3.8, 4) is 5.75 Å². The number of amides is 1. The van der Waals surface area contributed by atoms with Crippen LogP contribution in [0, 0.1) is 0 Å². The van der Waals surface area contributed by atoms with Crippen LogP contribution in [-0.2, 0) is 32.6 Å². The molecule has 3 rings (SSSR count). The highest BCUT2D eigenvalue weighted by atomic mass is 32.2. The average Bonchev–Trinajstić information content (AvgIpc) is 2.82. The Hall–Kier alpha value is -2.62. The van der Waals surface area contributed by atoms with E-state index in [0.717, 1.165) is 44.7 Å². The van der Waals surface area contributed by atoms with Gasteiger partial charge < -0.3 is 14.8 Å². The lowest BCUT2D eigenvalue weighted by molar-refractivity contribution is -0.122. The molecule has 1 saturated heterocycles. The number of hydrogen-bond acceptors (Lipinski definition) is 6. The van der Waals surface area contributed by atoms with E-state index >= 15 is 0 Å². The van der Waals surface area contributed by atoms with Crippen LogP contribution in [0.15, 0.2) is 48.5 Å². The van der Waals surface area contributed by atoms with Crippen molar-refractivity contribution >= 4 is 21.6 Å². The standard InChI is InChI=1S/C25H35N3O5S/c1-4-24(28(34(3,30)31)22-10-12-23(13-11-22)33-5-2)25(29)26-18-20-6-8-21(9-7-20)19-27-14-16-32-17-15-27/h6-13,24H,4-5,14-19H2,1-3H3,(H,26,29)/t24-/m0/s1. The van der Waals surface area contributed by atoms with Crippen molar-refractivity contribution in [1.29, 1.82) is 0 Å². The summed E-state index contributed by atoms with van der Waals surface area (Å²) in [6, 6.07) is 14.0. The minimum atomic E-state index is -3.68.